The molecule has 1 amide bonds. The van der Waals surface area contributed by atoms with E-state index in [-0.39, 0.29) is 11.9 Å². The molecule has 1 N–H and O–H groups in total. The Morgan fingerprint density at radius 3 is 2.65 bits per heavy atom. The van der Waals surface area contributed by atoms with Crippen molar-refractivity contribution in [1.82, 2.24) is 10.2 Å². The maximum absolute atomic E-state index is 12.3. The summed E-state index contributed by atoms with van der Waals surface area (Å²) in [6.45, 7) is 8.45. The van der Waals surface area contributed by atoms with Gasteiger partial charge in [-0.25, -0.2) is 0 Å². The van der Waals surface area contributed by atoms with Gasteiger partial charge in [-0.05, 0) is 38.1 Å². The van der Waals surface area contributed by atoms with Gasteiger partial charge in [0.25, 0.3) is 0 Å². The van der Waals surface area contributed by atoms with E-state index in [4.69, 9.17) is 9.15 Å². The number of furan rings is 1. The minimum absolute atomic E-state index is 0.0251. The maximum atomic E-state index is 12.3. The van der Waals surface area contributed by atoms with Crippen molar-refractivity contribution in [1.29, 1.82) is 0 Å². The van der Waals surface area contributed by atoms with Crippen molar-refractivity contribution in [2.75, 3.05) is 44.2 Å². The van der Waals surface area contributed by atoms with Crippen molar-refractivity contribution in [3.63, 3.8) is 0 Å². The van der Waals surface area contributed by atoms with Crippen LogP contribution in [0.25, 0.3) is 0 Å². The Morgan fingerprint density at radius 2 is 1.96 bits per heavy atom. The largest absolute Gasteiger partial charge is 0.492 e. The molecular formula is C20H27N3O3. The zero-order chi connectivity index (χ0) is 18.4. The van der Waals surface area contributed by atoms with Crippen LogP contribution in [0.5, 0.6) is 5.75 Å². The molecule has 0 saturated carbocycles. The smallest absolute Gasteiger partial charge is 0.234 e. The van der Waals surface area contributed by atoms with Crippen LogP contribution in [-0.2, 0) is 4.79 Å². The van der Waals surface area contributed by atoms with Gasteiger partial charge in [-0.3, -0.25) is 9.69 Å². The molecule has 0 radical (unpaired) electrons. The van der Waals surface area contributed by atoms with Crippen LogP contribution in [0.2, 0.25) is 0 Å². The van der Waals surface area contributed by atoms with Gasteiger partial charge in [0, 0.05) is 26.2 Å². The van der Waals surface area contributed by atoms with Gasteiger partial charge in [0.15, 0.2) is 0 Å². The topological polar surface area (TPSA) is 58.0 Å². The fraction of sp³-hybridized carbons (Fsp3) is 0.450. The second kappa shape index (κ2) is 8.76. The summed E-state index contributed by atoms with van der Waals surface area (Å²) in [7, 11) is 0. The van der Waals surface area contributed by atoms with Crippen LogP contribution in [0.1, 0.15) is 25.6 Å². The monoisotopic (exact) mass is 357 g/mol. The van der Waals surface area contributed by atoms with E-state index in [1.54, 1.807) is 6.26 Å². The number of amides is 1. The van der Waals surface area contributed by atoms with Crippen LogP contribution < -0.4 is 15.0 Å². The van der Waals surface area contributed by atoms with Crippen molar-refractivity contribution in [2.24, 2.45) is 0 Å². The number of nitrogens with one attached hydrogen (secondary N) is 1. The van der Waals surface area contributed by atoms with E-state index in [0.29, 0.717) is 13.2 Å². The summed E-state index contributed by atoms with van der Waals surface area (Å²) in [5.74, 6) is 1.72. The Bertz CT molecular complexity index is 694. The molecule has 1 aliphatic rings. The molecule has 1 saturated heterocycles. The van der Waals surface area contributed by atoms with E-state index in [2.05, 4.69) is 21.2 Å². The molecule has 6 nitrogen and oxygen atoms in total. The summed E-state index contributed by atoms with van der Waals surface area (Å²) in [5.41, 5.74) is 1.13. The molecule has 26 heavy (non-hydrogen) atoms. The molecule has 0 bridgehead atoms. The number of carbonyl (C=O) groups excluding carboxylic acids is 1. The Balaban J connectivity index is 1.49. The Morgan fingerprint density at radius 1 is 1.19 bits per heavy atom. The predicted molar refractivity (Wildman–Crippen MR) is 102 cm³/mol. The van der Waals surface area contributed by atoms with Gasteiger partial charge < -0.3 is 19.4 Å². The number of benzene rings is 1. The fourth-order valence-corrected chi connectivity index (χ4v) is 3.24. The number of para-hydroxylation sites is 2. The Labute approximate surface area is 154 Å². The lowest BCUT2D eigenvalue weighted by molar-refractivity contribution is -0.123. The van der Waals surface area contributed by atoms with Crippen molar-refractivity contribution in [3.8, 4) is 5.75 Å². The minimum Gasteiger partial charge on any atom is -0.492 e. The molecule has 3 rings (SSSR count). The number of piperazine rings is 1. The van der Waals surface area contributed by atoms with Crippen molar-refractivity contribution >= 4 is 11.6 Å². The summed E-state index contributed by atoms with van der Waals surface area (Å²) >= 11 is 0. The number of anilines is 1. The highest BCUT2D eigenvalue weighted by molar-refractivity contribution is 5.78. The molecule has 1 aromatic carbocycles. The molecule has 1 fully saturated rings. The predicted octanol–water partition coefficient (Wildman–Crippen LogP) is 2.68. The first-order chi connectivity index (χ1) is 12.7. The van der Waals surface area contributed by atoms with E-state index in [1.165, 1.54) is 0 Å². The van der Waals surface area contributed by atoms with Gasteiger partial charge in [0.05, 0.1) is 31.1 Å². The van der Waals surface area contributed by atoms with E-state index < -0.39 is 0 Å². The number of rotatable bonds is 7. The van der Waals surface area contributed by atoms with E-state index in [0.717, 1.165) is 43.4 Å². The molecule has 1 aliphatic heterocycles. The van der Waals surface area contributed by atoms with Crippen LogP contribution in [0.3, 0.4) is 0 Å². The van der Waals surface area contributed by atoms with Gasteiger partial charge in [0.2, 0.25) is 5.91 Å². The molecule has 0 aliphatic carbocycles. The van der Waals surface area contributed by atoms with Gasteiger partial charge in [0.1, 0.15) is 11.5 Å². The van der Waals surface area contributed by atoms with Crippen LogP contribution >= 0.6 is 0 Å². The van der Waals surface area contributed by atoms with Crippen LogP contribution in [0.4, 0.5) is 5.69 Å². The lowest BCUT2D eigenvalue weighted by atomic mass is 10.2. The van der Waals surface area contributed by atoms with Crippen molar-refractivity contribution < 1.29 is 13.9 Å². The third-order valence-electron chi connectivity index (χ3n) is 4.59. The van der Waals surface area contributed by atoms with E-state index in [1.807, 2.05) is 44.2 Å². The van der Waals surface area contributed by atoms with Crippen LogP contribution in [0.15, 0.2) is 47.1 Å². The van der Waals surface area contributed by atoms with E-state index in [9.17, 15) is 4.79 Å². The molecule has 2 heterocycles. The molecule has 6 heteroatoms. The normalized spacial score (nSPS) is 16.3. The van der Waals surface area contributed by atoms with Crippen LogP contribution in [-0.4, -0.2) is 50.1 Å². The van der Waals surface area contributed by atoms with Crippen molar-refractivity contribution in [3.05, 3.63) is 48.4 Å². The lowest BCUT2D eigenvalue weighted by Gasteiger charge is -2.36. The second-order valence-electron chi connectivity index (χ2n) is 6.47. The first-order valence-electron chi connectivity index (χ1n) is 9.19. The summed E-state index contributed by atoms with van der Waals surface area (Å²) in [5, 5.41) is 2.99. The highest BCUT2D eigenvalue weighted by atomic mass is 16.5. The molecule has 2 aromatic rings. The standard InChI is InChI=1S/C20H27N3O3/c1-3-25-19-8-5-4-7-17(19)23-12-10-22(11-13-23)15-20(24)21-16(2)18-9-6-14-26-18/h4-9,14,16H,3,10-13,15H2,1-2H3,(H,21,24)/t16-/m0/s1. The van der Waals surface area contributed by atoms with E-state index >= 15 is 0 Å². The maximum Gasteiger partial charge on any atom is 0.234 e. The second-order valence-corrected chi connectivity index (χ2v) is 6.47. The molecule has 140 valence electrons. The molecule has 0 spiro atoms. The molecule has 1 atom stereocenters. The van der Waals surface area contributed by atoms with Crippen molar-refractivity contribution in [2.45, 2.75) is 19.9 Å². The number of hydrogen-bond acceptors (Lipinski definition) is 5. The summed E-state index contributed by atoms with van der Waals surface area (Å²) in [6, 6.07) is 11.7. The van der Waals surface area contributed by atoms with Crippen LogP contribution in [0, 0.1) is 0 Å². The zero-order valence-corrected chi connectivity index (χ0v) is 15.5. The first-order valence-corrected chi connectivity index (χ1v) is 9.19. The Hall–Kier alpha value is -2.47. The third-order valence-corrected chi connectivity index (χ3v) is 4.59. The highest BCUT2D eigenvalue weighted by Gasteiger charge is 2.22. The average Bonchev–Trinajstić information content (AvgIpc) is 3.18. The zero-order valence-electron chi connectivity index (χ0n) is 15.5. The van der Waals surface area contributed by atoms with Gasteiger partial charge >= 0.3 is 0 Å². The van der Waals surface area contributed by atoms with Gasteiger partial charge in [-0.15, -0.1) is 0 Å². The summed E-state index contributed by atoms with van der Waals surface area (Å²) < 4.78 is 11.1. The molecule has 0 unspecified atom stereocenters. The average molecular weight is 357 g/mol. The third kappa shape index (κ3) is 4.58. The van der Waals surface area contributed by atoms with Gasteiger partial charge in [-0.1, -0.05) is 12.1 Å². The molecule has 1 aromatic heterocycles. The quantitative estimate of drug-likeness (QED) is 0.826. The van der Waals surface area contributed by atoms with Gasteiger partial charge in [-0.2, -0.15) is 0 Å². The number of carbonyl (C=O) groups is 1. The first kappa shape index (κ1) is 18.3. The number of hydrogen-bond donors (Lipinski definition) is 1. The minimum atomic E-state index is -0.114. The number of nitrogens with zero attached hydrogens (tertiary/aromatic N) is 2. The Kier molecular flexibility index (Phi) is 6.17. The SMILES string of the molecule is CCOc1ccccc1N1CCN(CC(=O)N[C@@H](C)c2ccco2)CC1. The fourth-order valence-electron chi connectivity index (χ4n) is 3.24. The summed E-state index contributed by atoms with van der Waals surface area (Å²) in [6.07, 6.45) is 1.62. The lowest BCUT2D eigenvalue weighted by Crippen LogP contribution is -2.49. The highest BCUT2D eigenvalue weighted by Crippen LogP contribution is 2.28. The number of ether oxygens (including phenoxy) is 1. The summed E-state index contributed by atoms with van der Waals surface area (Å²) in [4.78, 5) is 16.8. The molecular weight excluding hydrogens is 330 g/mol.